The van der Waals surface area contributed by atoms with Crippen molar-refractivity contribution in [2.75, 3.05) is 13.7 Å². The van der Waals surface area contributed by atoms with Crippen LogP contribution < -0.4 is 10.9 Å². The molecule has 3 aromatic rings. The van der Waals surface area contributed by atoms with Crippen LogP contribution >= 0.6 is 11.3 Å². The molecular formula is C18H19N3O3S. The second-order valence-electron chi connectivity index (χ2n) is 5.57. The highest BCUT2D eigenvalue weighted by atomic mass is 32.1. The Labute approximate surface area is 148 Å². The number of aromatic nitrogens is 2. The molecule has 0 spiro atoms. The van der Waals surface area contributed by atoms with Gasteiger partial charge >= 0.3 is 0 Å². The number of aromatic amines is 1. The largest absolute Gasteiger partial charge is 0.374 e. The fraction of sp³-hybridized carbons (Fsp3) is 0.278. The number of ether oxygens (including phenoxy) is 1. The molecule has 25 heavy (non-hydrogen) atoms. The number of fused-ring (bicyclic) bond motifs is 1. The standard InChI is InChI=1S/C18H19N3O3S/c1-24-15(16-7-4-10-25-16)11-19-17(22)9-8-14-18(23)21-13-6-3-2-5-12(13)20-14/h2-7,10,15H,8-9,11H2,1H3,(H,19,22)(H,21,23). The van der Waals surface area contributed by atoms with E-state index in [0.29, 0.717) is 24.2 Å². The summed E-state index contributed by atoms with van der Waals surface area (Å²) in [5, 5.41) is 4.82. The number of benzene rings is 1. The third-order valence-electron chi connectivity index (χ3n) is 3.89. The summed E-state index contributed by atoms with van der Waals surface area (Å²) in [5.74, 6) is -0.132. The molecule has 0 aliphatic carbocycles. The lowest BCUT2D eigenvalue weighted by molar-refractivity contribution is -0.121. The summed E-state index contributed by atoms with van der Waals surface area (Å²) in [6.07, 6.45) is 0.337. The van der Waals surface area contributed by atoms with Gasteiger partial charge in [0.25, 0.3) is 5.56 Å². The van der Waals surface area contributed by atoms with Crippen molar-refractivity contribution in [2.24, 2.45) is 0 Å². The Bertz CT molecular complexity index is 905. The summed E-state index contributed by atoms with van der Waals surface area (Å²) in [5.41, 5.74) is 1.53. The molecule has 0 saturated carbocycles. The molecule has 0 bridgehead atoms. The molecule has 3 rings (SSSR count). The lowest BCUT2D eigenvalue weighted by Gasteiger charge is -2.14. The molecule has 0 aliphatic heterocycles. The van der Waals surface area contributed by atoms with E-state index in [0.717, 1.165) is 10.4 Å². The van der Waals surface area contributed by atoms with E-state index < -0.39 is 0 Å². The van der Waals surface area contributed by atoms with Crippen LogP contribution in [-0.2, 0) is 16.0 Å². The van der Waals surface area contributed by atoms with Crippen molar-refractivity contribution in [3.05, 3.63) is 62.7 Å². The second-order valence-corrected chi connectivity index (χ2v) is 6.55. The summed E-state index contributed by atoms with van der Waals surface area (Å²) in [6, 6.07) is 11.3. The Morgan fingerprint density at radius 2 is 2.16 bits per heavy atom. The topological polar surface area (TPSA) is 84.1 Å². The molecule has 1 atom stereocenters. The zero-order valence-corrected chi connectivity index (χ0v) is 14.6. The van der Waals surface area contributed by atoms with Crippen molar-refractivity contribution >= 4 is 28.3 Å². The van der Waals surface area contributed by atoms with Gasteiger partial charge in [0.1, 0.15) is 11.8 Å². The predicted octanol–water partition coefficient (Wildman–Crippen LogP) is 2.42. The van der Waals surface area contributed by atoms with Gasteiger partial charge in [-0.05, 0) is 23.6 Å². The number of carbonyl (C=O) groups is 1. The number of hydrogen-bond donors (Lipinski definition) is 2. The van der Waals surface area contributed by atoms with Crippen molar-refractivity contribution in [2.45, 2.75) is 18.9 Å². The molecule has 2 heterocycles. The molecule has 2 N–H and O–H groups in total. The molecule has 0 radical (unpaired) electrons. The number of methoxy groups -OCH3 is 1. The summed E-state index contributed by atoms with van der Waals surface area (Å²) in [7, 11) is 1.62. The first kappa shape index (κ1) is 17.3. The minimum Gasteiger partial charge on any atom is -0.374 e. The van der Waals surface area contributed by atoms with Crippen molar-refractivity contribution in [1.82, 2.24) is 15.3 Å². The van der Waals surface area contributed by atoms with Crippen LogP contribution in [0.15, 0.2) is 46.6 Å². The number of nitrogens with one attached hydrogen (secondary N) is 2. The van der Waals surface area contributed by atoms with Gasteiger partial charge in [-0.15, -0.1) is 11.3 Å². The van der Waals surface area contributed by atoms with Crippen LogP contribution in [-0.4, -0.2) is 29.5 Å². The van der Waals surface area contributed by atoms with Gasteiger partial charge < -0.3 is 15.0 Å². The van der Waals surface area contributed by atoms with Gasteiger partial charge in [-0.25, -0.2) is 4.98 Å². The van der Waals surface area contributed by atoms with E-state index in [2.05, 4.69) is 15.3 Å². The number of aryl methyl sites for hydroxylation is 1. The Morgan fingerprint density at radius 1 is 1.32 bits per heavy atom. The van der Waals surface area contributed by atoms with E-state index in [1.165, 1.54) is 0 Å². The van der Waals surface area contributed by atoms with Gasteiger partial charge in [0, 0.05) is 31.4 Å². The number of hydrogen-bond acceptors (Lipinski definition) is 5. The minimum absolute atomic E-state index is 0.132. The van der Waals surface area contributed by atoms with Gasteiger partial charge in [0.2, 0.25) is 5.91 Å². The van der Waals surface area contributed by atoms with Crippen LogP contribution in [0.3, 0.4) is 0 Å². The lowest BCUT2D eigenvalue weighted by Crippen LogP contribution is -2.29. The smallest absolute Gasteiger partial charge is 0.270 e. The lowest BCUT2D eigenvalue weighted by atomic mass is 10.2. The van der Waals surface area contributed by atoms with Crippen molar-refractivity contribution in [1.29, 1.82) is 0 Å². The molecule has 130 valence electrons. The maximum atomic E-state index is 12.1. The van der Waals surface area contributed by atoms with E-state index in [9.17, 15) is 9.59 Å². The third kappa shape index (κ3) is 4.32. The first-order valence-corrected chi connectivity index (χ1v) is 8.86. The highest BCUT2D eigenvalue weighted by Gasteiger charge is 2.14. The highest BCUT2D eigenvalue weighted by molar-refractivity contribution is 7.10. The Hall–Kier alpha value is -2.51. The zero-order valence-electron chi connectivity index (χ0n) is 13.8. The van der Waals surface area contributed by atoms with Crippen LogP contribution in [0, 0.1) is 0 Å². The van der Waals surface area contributed by atoms with E-state index in [1.807, 2.05) is 35.7 Å². The zero-order chi connectivity index (χ0) is 17.6. The summed E-state index contributed by atoms with van der Waals surface area (Å²) in [4.78, 5) is 32.3. The van der Waals surface area contributed by atoms with Crippen molar-refractivity contribution < 1.29 is 9.53 Å². The predicted molar refractivity (Wildman–Crippen MR) is 97.8 cm³/mol. The van der Waals surface area contributed by atoms with Gasteiger partial charge in [-0.3, -0.25) is 9.59 Å². The van der Waals surface area contributed by atoms with E-state index in [-0.39, 0.29) is 24.0 Å². The molecule has 0 saturated heterocycles. The molecule has 1 amide bonds. The highest BCUT2D eigenvalue weighted by Crippen LogP contribution is 2.20. The van der Waals surface area contributed by atoms with Crippen LogP contribution in [0.4, 0.5) is 0 Å². The number of thiophene rings is 1. The van der Waals surface area contributed by atoms with Crippen LogP contribution in [0.2, 0.25) is 0 Å². The number of carbonyl (C=O) groups excluding carboxylic acids is 1. The summed E-state index contributed by atoms with van der Waals surface area (Å²) >= 11 is 1.59. The molecule has 1 aromatic carbocycles. The van der Waals surface area contributed by atoms with Crippen LogP contribution in [0.25, 0.3) is 11.0 Å². The average Bonchev–Trinajstić information content (AvgIpc) is 3.15. The number of H-pyrrole nitrogens is 1. The van der Waals surface area contributed by atoms with Crippen molar-refractivity contribution in [3.63, 3.8) is 0 Å². The first-order chi connectivity index (χ1) is 12.2. The number of nitrogens with zero attached hydrogens (tertiary/aromatic N) is 1. The SMILES string of the molecule is COC(CNC(=O)CCc1nc2ccccc2[nH]c1=O)c1cccs1. The van der Waals surface area contributed by atoms with Gasteiger partial charge in [0.05, 0.1) is 11.0 Å². The summed E-state index contributed by atoms with van der Waals surface area (Å²) in [6.45, 7) is 0.400. The van der Waals surface area contributed by atoms with E-state index in [4.69, 9.17) is 4.74 Å². The number of para-hydroxylation sites is 2. The third-order valence-corrected chi connectivity index (χ3v) is 4.85. The minimum atomic E-state index is -0.250. The van der Waals surface area contributed by atoms with Crippen molar-refractivity contribution in [3.8, 4) is 0 Å². The van der Waals surface area contributed by atoms with Gasteiger partial charge in [-0.2, -0.15) is 0 Å². The second kappa shape index (κ2) is 8.04. The van der Waals surface area contributed by atoms with Crippen LogP contribution in [0.5, 0.6) is 0 Å². The van der Waals surface area contributed by atoms with Gasteiger partial charge in [-0.1, -0.05) is 18.2 Å². The molecule has 0 fully saturated rings. The molecular weight excluding hydrogens is 338 g/mol. The molecule has 2 aromatic heterocycles. The fourth-order valence-electron chi connectivity index (χ4n) is 2.54. The molecule has 0 aliphatic rings. The van der Waals surface area contributed by atoms with Crippen LogP contribution in [0.1, 0.15) is 23.1 Å². The Morgan fingerprint density at radius 3 is 2.92 bits per heavy atom. The average molecular weight is 357 g/mol. The maximum Gasteiger partial charge on any atom is 0.270 e. The van der Waals surface area contributed by atoms with E-state index >= 15 is 0 Å². The quantitative estimate of drug-likeness (QED) is 0.680. The molecule has 6 nitrogen and oxygen atoms in total. The first-order valence-electron chi connectivity index (χ1n) is 7.98. The van der Waals surface area contributed by atoms with E-state index in [1.54, 1.807) is 24.5 Å². The number of rotatable bonds is 7. The maximum absolute atomic E-state index is 12.1. The Kier molecular flexibility index (Phi) is 5.57. The molecule has 1 unspecified atom stereocenters. The fourth-order valence-corrected chi connectivity index (χ4v) is 3.34. The summed E-state index contributed by atoms with van der Waals surface area (Å²) < 4.78 is 5.40. The Balaban J connectivity index is 1.57. The van der Waals surface area contributed by atoms with Gasteiger partial charge in [0.15, 0.2) is 0 Å². The monoisotopic (exact) mass is 357 g/mol. The number of amides is 1. The molecule has 7 heteroatoms. The normalized spacial score (nSPS) is 12.2.